The average Bonchev–Trinajstić information content (AvgIpc) is 2.68. The molecule has 0 atom stereocenters. The molecule has 0 amide bonds. The van der Waals surface area contributed by atoms with Gasteiger partial charge in [-0.1, -0.05) is 26.7 Å². The van der Waals surface area contributed by atoms with Crippen LogP contribution in [0.25, 0.3) is 0 Å². The molecule has 0 aromatic carbocycles. The fourth-order valence-corrected chi connectivity index (χ4v) is 1.58. The van der Waals surface area contributed by atoms with Gasteiger partial charge >= 0.3 is 0 Å². The second kappa shape index (κ2) is 7.46. The number of rotatable bonds is 8. The summed E-state index contributed by atoms with van der Waals surface area (Å²) >= 11 is 0. The van der Waals surface area contributed by atoms with Gasteiger partial charge in [0.2, 0.25) is 0 Å². The molecular weight excluding hydrogens is 186 g/mol. The largest absolute Gasteiger partial charge is 0.315 e. The third-order valence-corrected chi connectivity index (χ3v) is 2.43. The van der Waals surface area contributed by atoms with Crippen molar-refractivity contribution in [3.63, 3.8) is 0 Å². The van der Waals surface area contributed by atoms with Gasteiger partial charge in [-0.25, -0.2) is 0 Å². The van der Waals surface area contributed by atoms with Gasteiger partial charge in [-0.05, 0) is 25.5 Å². The van der Waals surface area contributed by atoms with Crippen molar-refractivity contribution in [1.29, 1.82) is 0 Å². The maximum Gasteiger partial charge on any atom is 0.0489 e. The highest BCUT2D eigenvalue weighted by molar-refractivity contribution is 4.77. The summed E-state index contributed by atoms with van der Waals surface area (Å²) in [7, 11) is 0. The van der Waals surface area contributed by atoms with Crippen molar-refractivity contribution < 1.29 is 0 Å². The molecule has 0 aliphatic heterocycles. The van der Waals surface area contributed by atoms with Crippen molar-refractivity contribution in [2.75, 3.05) is 6.54 Å². The molecule has 0 aliphatic rings. The predicted octanol–water partition coefficient (Wildman–Crippen LogP) is 2.44. The first-order valence-electron chi connectivity index (χ1n) is 6.00. The van der Waals surface area contributed by atoms with Crippen LogP contribution in [-0.4, -0.2) is 22.4 Å². The number of nitrogens with zero attached hydrogens (tertiary/aromatic N) is 2. The number of hydrogen-bond acceptors (Lipinski definition) is 2. The Morgan fingerprint density at radius 3 is 2.67 bits per heavy atom. The quantitative estimate of drug-likeness (QED) is 0.666. The molecule has 1 aromatic rings. The van der Waals surface area contributed by atoms with E-state index in [-0.39, 0.29) is 0 Å². The number of unbranched alkanes of at least 4 members (excludes halogenated alkanes) is 3. The van der Waals surface area contributed by atoms with E-state index in [0.29, 0.717) is 6.04 Å². The van der Waals surface area contributed by atoms with Crippen LogP contribution in [0.1, 0.15) is 39.5 Å². The third-order valence-electron chi connectivity index (χ3n) is 2.43. The van der Waals surface area contributed by atoms with E-state index in [1.54, 1.807) is 0 Å². The zero-order valence-electron chi connectivity index (χ0n) is 9.95. The predicted molar refractivity (Wildman–Crippen MR) is 63.8 cm³/mol. The van der Waals surface area contributed by atoms with Gasteiger partial charge in [0.05, 0.1) is 0 Å². The van der Waals surface area contributed by atoms with Crippen molar-refractivity contribution in [2.45, 2.75) is 52.1 Å². The Kier molecular flexibility index (Phi) is 6.09. The van der Waals surface area contributed by atoms with Crippen molar-refractivity contribution in [1.82, 2.24) is 15.1 Å². The minimum atomic E-state index is 0.620. The normalized spacial score (nSPS) is 11.1. The summed E-state index contributed by atoms with van der Waals surface area (Å²) < 4.78 is 2.01. The average molecular weight is 209 g/mol. The van der Waals surface area contributed by atoms with Crippen LogP contribution in [0.15, 0.2) is 18.5 Å². The Bertz CT molecular complexity index is 229. The molecule has 0 radical (unpaired) electrons. The van der Waals surface area contributed by atoms with Crippen molar-refractivity contribution in [3.8, 4) is 0 Å². The fraction of sp³-hybridized carbons (Fsp3) is 0.750. The highest BCUT2D eigenvalue weighted by atomic mass is 15.3. The lowest BCUT2D eigenvalue weighted by Gasteiger charge is -2.07. The van der Waals surface area contributed by atoms with Crippen LogP contribution in [0.3, 0.4) is 0 Å². The van der Waals surface area contributed by atoms with Gasteiger partial charge in [-0.2, -0.15) is 5.10 Å². The first-order chi connectivity index (χ1) is 7.29. The van der Waals surface area contributed by atoms with Crippen LogP contribution in [0.5, 0.6) is 0 Å². The van der Waals surface area contributed by atoms with Gasteiger partial charge in [0.25, 0.3) is 0 Å². The van der Waals surface area contributed by atoms with Crippen LogP contribution in [-0.2, 0) is 6.54 Å². The molecule has 0 fully saturated rings. The summed E-state index contributed by atoms with van der Waals surface area (Å²) in [6.07, 6.45) is 9.02. The lowest BCUT2D eigenvalue weighted by molar-refractivity contribution is 0.510. The number of aromatic nitrogens is 2. The molecule has 0 aliphatic carbocycles. The standard InChI is InChI=1S/C12H23N3/c1-12(2)13-8-5-3-4-6-10-15-11-7-9-14-15/h7,9,11-13H,3-6,8,10H2,1-2H3. The SMILES string of the molecule is CC(C)NCCCCCCn1cccn1. The summed E-state index contributed by atoms with van der Waals surface area (Å²) in [4.78, 5) is 0. The van der Waals surface area contributed by atoms with Crippen molar-refractivity contribution in [3.05, 3.63) is 18.5 Å². The van der Waals surface area contributed by atoms with E-state index in [2.05, 4.69) is 24.3 Å². The van der Waals surface area contributed by atoms with Crippen LogP contribution in [0.4, 0.5) is 0 Å². The minimum Gasteiger partial charge on any atom is -0.315 e. The first-order valence-corrected chi connectivity index (χ1v) is 6.00. The molecule has 0 saturated heterocycles. The summed E-state index contributed by atoms with van der Waals surface area (Å²) in [6, 6.07) is 2.60. The van der Waals surface area contributed by atoms with E-state index < -0.39 is 0 Å². The minimum absolute atomic E-state index is 0.620. The van der Waals surface area contributed by atoms with Gasteiger partial charge in [0.1, 0.15) is 0 Å². The van der Waals surface area contributed by atoms with Gasteiger partial charge in [0, 0.05) is 25.0 Å². The maximum atomic E-state index is 4.18. The van der Waals surface area contributed by atoms with Gasteiger partial charge < -0.3 is 5.32 Å². The molecule has 15 heavy (non-hydrogen) atoms. The Balaban J connectivity index is 1.85. The lowest BCUT2D eigenvalue weighted by atomic mass is 10.2. The Morgan fingerprint density at radius 1 is 1.20 bits per heavy atom. The molecule has 1 N–H and O–H groups in total. The van der Waals surface area contributed by atoms with E-state index >= 15 is 0 Å². The first kappa shape index (κ1) is 12.2. The summed E-state index contributed by atoms with van der Waals surface area (Å²) in [5.41, 5.74) is 0. The highest BCUT2D eigenvalue weighted by Gasteiger charge is 1.94. The zero-order chi connectivity index (χ0) is 10.9. The summed E-state index contributed by atoms with van der Waals surface area (Å²) in [5, 5.41) is 7.61. The molecule has 3 heteroatoms. The van der Waals surface area contributed by atoms with Crippen LogP contribution < -0.4 is 5.32 Å². The molecule has 1 aromatic heterocycles. The van der Waals surface area contributed by atoms with Gasteiger partial charge in [0.15, 0.2) is 0 Å². The number of aryl methyl sites for hydroxylation is 1. The number of hydrogen-bond donors (Lipinski definition) is 1. The molecule has 0 unspecified atom stereocenters. The molecule has 1 heterocycles. The van der Waals surface area contributed by atoms with E-state index in [1.807, 2.05) is 23.1 Å². The van der Waals surface area contributed by atoms with Crippen LogP contribution >= 0.6 is 0 Å². The molecule has 86 valence electrons. The van der Waals surface area contributed by atoms with Gasteiger partial charge in [-0.3, -0.25) is 4.68 Å². The molecule has 0 bridgehead atoms. The van der Waals surface area contributed by atoms with E-state index in [0.717, 1.165) is 13.1 Å². The maximum absolute atomic E-state index is 4.18. The lowest BCUT2D eigenvalue weighted by Crippen LogP contribution is -2.23. The van der Waals surface area contributed by atoms with E-state index in [1.165, 1.54) is 25.7 Å². The summed E-state index contributed by atoms with van der Waals surface area (Å²) in [6.45, 7) is 6.60. The van der Waals surface area contributed by atoms with Crippen molar-refractivity contribution >= 4 is 0 Å². The molecule has 1 rings (SSSR count). The van der Waals surface area contributed by atoms with E-state index in [4.69, 9.17) is 0 Å². The van der Waals surface area contributed by atoms with Crippen molar-refractivity contribution in [2.24, 2.45) is 0 Å². The second-order valence-corrected chi connectivity index (χ2v) is 4.29. The van der Waals surface area contributed by atoms with E-state index in [9.17, 15) is 0 Å². The monoisotopic (exact) mass is 209 g/mol. The van der Waals surface area contributed by atoms with Crippen LogP contribution in [0.2, 0.25) is 0 Å². The Hall–Kier alpha value is -0.830. The Labute approximate surface area is 92.9 Å². The fourth-order valence-electron chi connectivity index (χ4n) is 1.58. The third kappa shape index (κ3) is 6.28. The Morgan fingerprint density at radius 2 is 2.00 bits per heavy atom. The number of nitrogens with one attached hydrogen (secondary N) is 1. The highest BCUT2D eigenvalue weighted by Crippen LogP contribution is 2.01. The van der Waals surface area contributed by atoms with Gasteiger partial charge in [-0.15, -0.1) is 0 Å². The molecule has 3 nitrogen and oxygen atoms in total. The zero-order valence-corrected chi connectivity index (χ0v) is 9.95. The second-order valence-electron chi connectivity index (χ2n) is 4.29. The summed E-state index contributed by atoms with van der Waals surface area (Å²) in [5.74, 6) is 0. The topological polar surface area (TPSA) is 29.9 Å². The van der Waals surface area contributed by atoms with Crippen LogP contribution in [0, 0.1) is 0 Å². The molecular formula is C12H23N3. The molecule has 0 saturated carbocycles. The smallest absolute Gasteiger partial charge is 0.0489 e. The molecule has 0 spiro atoms.